The second-order valence-electron chi connectivity index (χ2n) is 4.94. The number of pyridine rings is 1. The van der Waals surface area contributed by atoms with Crippen molar-refractivity contribution in [3.05, 3.63) is 42.1 Å². The lowest BCUT2D eigenvalue weighted by Gasteiger charge is -2.08. The smallest absolute Gasteiger partial charge is 0.120 e. The fourth-order valence-electron chi connectivity index (χ4n) is 2.71. The van der Waals surface area contributed by atoms with E-state index >= 15 is 0 Å². The third-order valence-electron chi connectivity index (χ3n) is 3.73. The first-order valence-electron chi connectivity index (χ1n) is 7.01. The summed E-state index contributed by atoms with van der Waals surface area (Å²) in [5.41, 5.74) is 9.45. The molecule has 3 rings (SSSR count). The van der Waals surface area contributed by atoms with Crippen molar-refractivity contribution in [2.45, 2.75) is 13.5 Å². The number of benzene rings is 1. The van der Waals surface area contributed by atoms with Crippen LogP contribution in [0.2, 0.25) is 0 Å². The number of anilines is 1. The Balaban J connectivity index is 2.37. The van der Waals surface area contributed by atoms with Gasteiger partial charge >= 0.3 is 0 Å². The summed E-state index contributed by atoms with van der Waals surface area (Å²) in [6.45, 7) is 2.77. The molecule has 1 aromatic carbocycles. The van der Waals surface area contributed by atoms with Crippen LogP contribution < -0.4 is 10.5 Å². The molecule has 0 amide bonds. The Morgan fingerprint density at radius 2 is 2.14 bits per heavy atom. The lowest BCUT2D eigenvalue weighted by atomic mass is 10.1. The number of ether oxygens (including phenoxy) is 1. The van der Waals surface area contributed by atoms with Crippen LogP contribution in [0.5, 0.6) is 5.75 Å². The fourth-order valence-corrected chi connectivity index (χ4v) is 2.71. The molecule has 5 nitrogen and oxygen atoms in total. The topological polar surface area (TPSA) is 76.9 Å². The highest BCUT2D eigenvalue weighted by Crippen LogP contribution is 2.34. The Labute approximate surface area is 128 Å². The molecule has 5 heteroatoms. The van der Waals surface area contributed by atoms with Gasteiger partial charge in [0.25, 0.3) is 0 Å². The molecule has 0 spiro atoms. The lowest BCUT2D eigenvalue weighted by molar-refractivity contribution is 0.415. The summed E-state index contributed by atoms with van der Waals surface area (Å²) >= 11 is 0. The summed E-state index contributed by atoms with van der Waals surface area (Å²) in [4.78, 5) is 4.38. The molecule has 2 heterocycles. The van der Waals surface area contributed by atoms with E-state index in [1.807, 2.05) is 31.2 Å². The van der Waals surface area contributed by atoms with Gasteiger partial charge in [-0.3, -0.25) is 4.98 Å². The summed E-state index contributed by atoms with van der Waals surface area (Å²) in [6, 6.07) is 11.7. The van der Waals surface area contributed by atoms with Crippen molar-refractivity contribution in [1.29, 1.82) is 5.26 Å². The van der Waals surface area contributed by atoms with E-state index in [0.29, 0.717) is 11.3 Å². The summed E-state index contributed by atoms with van der Waals surface area (Å²) in [6.07, 6.45) is 1.61. The van der Waals surface area contributed by atoms with Crippen LogP contribution in [0.1, 0.15) is 12.5 Å². The molecule has 2 aromatic heterocycles. The molecule has 0 fully saturated rings. The summed E-state index contributed by atoms with van der Waals surface area (Å²) in [7, 11) is 1.63. The minimum Gasteiger partial charge on any atom is -0.497 e. The number of nitrogens with two attached hydrogens (primary N) is 1. The highest BCUT2D eigenvalue weighted by atomic mass is 16.5. The largest absolute Gasteiger partial charge is 0.497 e. The first-order valence-corrected chi connectivity index (χ1v) is 7.01. The Hall–Kier alpha value is -3.00. The van der Waals surface area contributed by atoms with E-state index in [1.54, 1.807) is 19.4 Å². The van der Waals surface area contributed by atoms with Gasteiger partial charge in [-0.1, -0.05) is 0 Å². The molecule has 0 unspecified atom stereocenters. The van der Waals surface area contributed by atoms with Crippen molar-refractivity contribution in [1.82, 2.24) is 9.55 Å². The molecule has 0 radical (unpaired) electrons. The number of nitriles is 1. The van der Waals surface area contributed by atoms with Crippen LogP contribution in [0.25, 0.3) is 22.3 Å². The molecule has 0 aliphatic heterocycles. The van der Waals surface area contributed by atoms with Crippen molar-refractivity contribution in [3.63, 3.8) is 0 Å². The first kappa shape index (κ1) is 14.0. The molecular formula is C17H16N4O. The highest BCUT2D eigenvalue weighted by molar-refractivity contribution is 5.94. The number of rotatable bonds is 3. The maximum absolute atomic E-state index is 9.62. The van der Waals surface area contributed by atoms with E-state index in [0.717, 1.165) is 34.6 Å². The molecule has 0 aliphatic carbocycles. The highest BCUT2D eigenvalue weighted by Gasteiger charge is 2.19. The SMILES string of the molecule is CCn1c(-c2ccc(N)cn2)c(C#N)c2ccc(OC)cc21. The van der Waals surface area contributed by atoms with Crippen LogP contribution in [0.3, 0.4) is 0 Å². The third-order valence-corrected chi connectivity index (χ3v) is 3.73. The van der Waals surface area contributed by atoms with Gasteiger partial charge < -0.3 is 15.0 Å². The van der Waals surface area contributed by atoms with Crippen molar-refractivity contribution < 1.29 is 4.74 Å². The number of hydrogen-bond donors (Lipinski definition) is 1. The maximum atomic E-state index is 9.62. The van der Waals surface area contributed by atoms with Gasteiger partial charge in [0.15, 0.2) is 0 Å². The van der Waals surface area contributed by atoms with Gasteiger partial charge in [0.2, 0.25) is 0 Å². The van der Waals surface area contributed by atoms with E-state index in [9.17, 15) is 5.26 Å². The van der Waals surface area contributed by atoms with Gasteiger partial charge in [0.1, 0.15) is 11.8 Å². The van der Waals surface area contributed by atoms with Crippen LogP contribution in [-0.4, -0.2) is 16.7 Å². The summed E-state index contributed by atoms with van der Waals surface area (Å²) < 4.78 is 7.38. The Morgan fingerprint density at radius 1 is 1.32 bits per heavy atom. The number of aryl methyl sites for hydroxylation is 1. The molecule has 0 aliphatic rings. The number of aromatic nitrogens is 2. The zero-order valence-electron chi connectivity index (χ0n) is 12.5. The van der Waals surface area contributed by atoms with E-state index in [2.05, 4.69) is 15.6 Å². The Bertz CT molecular complexity index is 872. The van der Waals surface area contributed by atoms with Gasteiger partial charge in [-0.05, 0) is 31.2 Å². The van der Waals surface area contributed by atoms with Gasteiger partial charge in [0, 0.05) is 18.0 Å². The number of hydrogen-bond acceptors (Lipinski definition) is 4. The first-order chi connectivity index (χ1) is 10.7. The van der Waals surface area contributed by atoms with E-state index < -0.39 is 0 Å². The molecule has 0 bridgehead atoms. The molecule has 3 aromatic rings. The van der Waals surface area contributed by atoms with Crippen LogP contribution in [-0.2, 0) is 6.54 Å². The molecular weight excluding hydrogens is 276 g/mol. The predicted octanol–water partition coefficient (Wildman–Crippen LogP) is 3.19. The minimum atomic E-state index is 0.600. The Morgan fingerprint density at radius 3 is 2.73 bits per heavy atom. The van der Waals surface area contributed by atoms with Crippen molar-refractivity contribution in [2.75, 3.05) is 12.8 Å². The second-order valence-corrected chi connectivity index (χ2v) is 4.94. The molecule has 22 heavy (non-hydrogen) atoms. The molecule has 0 saturated heterocycles. The molecule has 2 N–H and O–H groups in total. The number of methoxy groups -OCH3 is 1. The van der Waals surface area contributed by atoms with E-state index in [-0.39, 0.29) is 0 Å². The van der Waals surface area contributed by atoms with Crippen LogP contribution in [0.4, 0.5) is 5.69 Å². The Kier molecular flexibility index (Phi) is 3.43. The number of fused-ring (bicyclic) bond motifs is 1. The second kappa shape index (κ2) is 5.41. The van der Waals surface area contributed by atoms with Crippen molar-refractivity contribution in [3.8, 4) is 23.2 Å². The quantitative estimate of drug-likeness (QED) is 0.804. The standard InChI is InChI=1S/C17H16N4O/c1-3-21-16-8-12(22-2)5-6-13(16)14(9-18)17(21)15-7-4-11(19)10-20-15/h4-8,10H,3,19H2,1-2H3. The maximum Gasteiger partial charge on any atom is 0.120 e. The zero-order valence-corrected chi connectivity index (χ0v) is 12.5. The van der Waals surface area contributed by atoms with Crippen LogP contribution >= 0.6 is 0 Å². The van der Waals surface area contributed by atoms with Crippen molar-refractivity contribution >= 4 is 16.6 Å². The zero-order chi connectivity index (χ0) is 15.7. The van der Waals surface area contributed by atoms with Gasteiger partial charge in [-0.2, -0.15) is 5.26 Å². The van der Waals surface area contributed by atoms with Crippen molar-refractivity contribution in [2.24, 2.45) is 0 Å². The average Bonchev–Trinajstić information content (AvgIpc) is 2.87. The third kappa shape index (κ3) is 2.06. The minimum absolute atomic E-state index is 0.600. The fraction of sp³-hybridized carbons (Fsp3) is 0.176. The number of nitrogen functional groups attached to an aromatic ring is 1. The summed E-state index contributed by atoms with van der Waals surface area (Å²) in [5, 5.41) is 10.5. The van der Waals surface area contributed by atoms with Gasteiger partial charge in [0.05, 0.1) is 41.5 Å². The predicted molar refractivity (Wildman–Crippen MR) is 86.5 cm³/mol. The van der Waals surface area contributed by atoms with Gasteiger partial charge in [-0.15, -0.1) is 0 Å². The van der Waals surface area contributed by atoms with Gasteiger partial charge in [-0.25, -0.2) is 0 Å². The van der Waals surface area contributed by atoms with E-state index in [4.69, 9.17) is 10.5 Å². The molecule has 0 atom stereocenters. The lowest BCUT2D eigenvalue weighted by Crippen LogP contribution is -1.99. The molecule has 110 valence electrons. The average molecular weight is 292 g/mol. The monoisotopic (exact) mass is 292 g/mol. The molecule has 0 saturated carbocycles. The summed E-state index contributed by atoms with van der Waals surface area (Å²) in [5.74, 6) is 0.765. The normalized spacial score (nSPS) is 10.6. The van der Waals surface area contributed by atoms with Crippen LogP contribution in [0, 0.1) is 11.3 Å². The van der Waals surface area contributed by atoms with Crippen LogP contribution in [0.15, 0.2) is 36.5 Å². The number of nitrogens with zero attached hydrogens (tertiary/aromatic N) is 3. The van der Waals surface area contributed by atoms with E-state index in [1.165, 1.54) is 0 Å².